The SMILES string of the molecule is OCc1ccnc(OCc2ccc(Br)cc2)c1. The molecule has 88 valence electrons. The van der Waals surface area contributed by atoms with Gasteiger partial charge >= 0.3 is 0 Å². The predicted octanol–water partition coefficient (Wildman–Crippen LogP) is 2.92. The second-order valence-electron chi connectivity index (χ2n) is 3.58. The molecule has 0 fully saturated rings. The molecule has 4 heteroatoms. The first-order valence-electron chi connectivity index (χ1n) is 5.21. The highest BCUT2D eigenvalue weighted by Crippen LogP contribution is 2.14. The van der Waals surface area contributed by atoms with Crippen molar-refractivity contribution in [3.63, 3.8) is 0 Å². The highest BCUT2D eigenvalue weighted by molar-refractivity contribution is 9.10. The molecule has 1 N–H and O–H groups in total. The summed E-state index contributed by atoms with van der Waals surface area (Å²) in [5, 5.41) is 8.99. The van der Waals surface area contributed by atoms with Gasteiger partial charge in [0.05, 0.1) is 6.61 Å². The molecular formula is C13H12BrNO2. The molecular weight excluding hydrogens is 282 g/mol. The van der Waals surface area contributed by atoms with E-state index < -0.39 is 0 Å². The second-order valence-corrected chi connectivity index (χ2v) is 4.49. The van der Waals surface area contributed by atoms with Crippen molar-refractivity contribution in [3.8, 4) is 5.88 Å². The van der Waals surface area contributed by atoms with Crippen LogP contribution in [-0.4, -0.2) is 10.1 Å². The Balaban J connectivity index is 1.99. The number of nitrogens with zero attached hydrogens (tertiary/aromatic N) is 1. The standard InChI is InChI=1S/C13H12BrNO2/c14-12-3-1-10(2-4-12)9-17-13-7-11(8-16)5-6-15-13/h1-7,16H,8-9H2. The van der Waals surface area contributed by atoms with Gasteiger partial charge in [0.1, 0.15) is 6.61 Å². The first kappa shape index (κ1) is 12.1. The van der Waals surface area contributed by atoms with Gasteiger partial charge in [0.15, 0.2) is 0 Å². The van der Waals surface area contributed by atoms with Gasteiger partial charge in [-0.25, -0.2) is 4.98 Å². The molecule has 1 aromatic heterocycles. The zero-order valence-corrected chi connectivity index (χ0v) is 10.7. The number of ether oxygens (including phenoxy) is 1. The number of rotatable bonds is 4. The molecule has 0 unspecified atom stereocenters. The van der Waals surface area contributed by atoms with Crippen LogP contribution in [0.1, 0.15) is 11.1 Å². The third kappa shape index (κ3) is 3.54. The fourth-order valence-corrected chi connectivity index (χ4v) is 1.63. The van der Waals surface area contributed by atoms with Crippen molar-refractivity contribution < 1.29 is 9.84 Å². The Morgan fingerprint density at radius 2 is 1.88 bits per heavy atom. The number of benzene rings is 1. The van der Waals surface area contributed by atoms with E-state index >= 15 is 0 Å². The Hall–Kier alpha value is -1.39. The van der Waals surface area contributed by atoms with Gasteiger partial charge in [-0.2, -0.15) is 0 Å². The number of pyridine rings is 1. The van der Waals surface area contributed by atoms with E-state index in [1.165, 1.54) is 0 Å². The maximum Gasteiger partial charge on any atom is 0.213 e. The fourth-order valence-electron chi connectivity index (χ4n) is 1.37. The van der Waals surface area contributed by atoms with Crippen LogP contribution in [0.2, 0.25) is 0 Å². The van der Waals surface area contributed by atoms with Crippen molar-refractivity contribution in [1.82, 2.24) is 4.98 Å². The van der Waals surface area contributed by atoms with E-state index in [1.807, 2.05) is 24.3 Å². The Morgan fingerprint density at radius 1 is 1.12 bits per heavy atom. The Labute approximate surface area is 108 Å². The van der Waals surface area contributed by atoms with Crippen LogP contribution in [0.25, 0.3) is 0 Å². The van der Waals surface area contributed by atoms with Crippen LogP contribution in [0.5, 0.6) is 5.88 Å². The Kier molecular flexibility index (Phi) is 4.12. The van der Waals surface area contributed by atoms with E-state index in [4.69, 9.17) is 9.84 Å². The van der Waals surface area contributed by atoms with Crippen molar-refractivity contribution in [2.45, 2.75) is 13.2 Å². The monoisotopic (exact) mass is 293 g/mol. The van der Waals surface area contributed by atoms with Crippen LogP contribution in [0.15, 0.2) is 47.1 Å². The van der Waals surface area contributed by atoms with Crippen molar-refractivity contribution in [2.24, 2.45) is 0 Å². The lowest BCUT2D eigenvalue weighted by molar-refractivity contribution is 0.275. The number of halogens is 1. The van der Waals surface area contributed by atoms with Gasteiger partial charge in [0.25, 0.3) is 0 Å². The maximum atomic E-state index is 8.99. The summed E-state index contributed by atoms with van der Waals surface area (Å²) in [4.78, 5) is 4.08. The van der Waals surface area contributed by atoms with Crippen LogP contribution in [0, 0.1) is 0 Å². The molecule has 0 amide bonds. The van der Waals surface area contributed by atoms with E-state index in [0.717, 1.165) is 15.6 Å². The Morgan fingerprint density at radius 3 is 2.59 bits per heavy atom. The van der Waals surface area contributed by atoms with Gasteiger partial charge in [-0.05, 0) is 29.3 Å². The number of hydrogen-bond acceptors (Lipinski definition) is 3. The lowest BCUT2D eigenvalue weighted by atomic mass is 10.2. The van der Waals surface area contributed by atoms with Gasteiger partial charge in [-0.1, -0.05) is 28.1 Å². The van der Waals surface area contributed by atoms with Gasteiger partial charge < -0.3 is 9.84 Å². The summed E-state index contributed by atoms with van der Waals surface area (Å²) in [5.41, 5.74) is 1.87. The molecule has 0 saturated carbocycles. The molecule has 0 saturated heterocycles. The van der Waals surface area contributed by atoms with Crippen LogP contribution >= 0.6 is 15.9 Å². The molecule has 1 heterocycles. The van der Waals surface area contributed by atoms with Crippen LogP contribution in [0.4, 0.5) is 0 Å². The molecule has 0 spiro atoms. The van der Waals surface area contributed by atoms with Crippen molar-refractivity contribution in [2.75, 3.05) is 0 Å². The topological polar surface area (TPSA) is 42.4 Å². The van der Waals surface area contributed by atoms with E-state index in [-0.39, 0.29) is 6.61 Å². The van der Waals surface area contributed by atoms with Crippen LogP contribution in [-0.2, 0) is 13.2 Å². The van der Waals surface area contributed by atoms with Gasteiger partial charge in [0, 0.05) is 16.7 Å². The lowest BCUT2D eigenvalue weighted by Crippen LogP contribution is -1.97. The molecule has 0 radical (unpaired) electrons. The van der Waals surface area contributed by atoms with E-state index in [2.05, 4.69) is 20.9 Å². The zero-order valence-electron chi connectivity index (χ0n) is 9.14. The molecule has 1 aromatic carbocycles. The van der Waals surface area contributed by atoms with E-state index in [0.29, 0.717) is 12.5 Å². The molecule has 3 nitrogen and oxygen atoms in total. The highest BCUT2D eigenvalue weighted by Gasteiger charge is 1.99. The van der Waals surface area contributed by atoms with Crippen LogP contribution in [0.3, 0.4) is 0 Å². The van der Waals surface area contributed by atoms with Gasteiger partial charge in [-0.15, -0.1) is 0 Å². The minimum Gasteiger partial charge on any atom is -0.473 e. The molecule has 0 atom stereocenters. The first-order chi connectivity index (χ1) is 8.28. The molecule has 17 heavy (non-hydrogen) atoms. The first-order valence-corrected chi connectivity index (χ1v) is 6.00. The third-order valence-electron chi connectivity index (χ3n) is 2.28. The minimum atomic E-state index is -0.00281. The second kappa shape index (κ2) is 5.80. The van der Waals surface area contributed by atoms with Gasteiger partial charge in [-0.3, -0.25) is 0 Å². The highest BCUT2D eigenvalue weighted by atomic mass is 79.9. The molecule has 0 aliphatic rings. The van der Waals surface area contributed by atoms with E-state index in [1.54, 1.807) is 18.3 Å². The largest absolute Gasteiger partial charge is 0.473 e. The summed E-state index contributed by atoms with van der Waals surface area (Å²) in [5.74, 6) is 0.527. The number of aliphatic hydroxyl groups is 1. The minimum absolute atomic E-state index is 0.00281. The normalized spacial score (nSPS) is 10.2. The zero-order chi connectivity index (χ0) is 12.1. The average molecular weight is 294 g/mol. The summed E-state index contributed by atoms with van der Waals surface area (Å²) >= 11 is 3.38. The predicted molar refractivity (Wildman–Crippen MR) is 68.6 cm³/mol. The average Bonchev–Trinajstić information content (AvgIpc) is 2.38. The van der Waals surface area contributed by atoms with Crippen molar-refractivity contribution >= 4 is 15.9 Å². The summed E-state index contributed by atoms with van der Waals surface area (Å²) in [6, 6.07) is 11.4. The summed E-state index contributed by atoms with van der Waals surface area (Å²) in [6.45, 7) is 0.465. The van der Waals surface area contributed by atoms with E-state index in [9.17, 15) is 0 Å². The summed E-state index contributed by atoms with van der Waals surface area (Å²) in [6.07, 6.45) is 1.63. The molecule has 0 aliphatic heterocycles. The molecule has 2 rings (SSSR count). The summed E-state index contributed by atoms with van der Waals surface area (Å²) in [7, 11) is 0. The molecule has 2 aromatic rings. The fraction of sp³-hybridized carbons (Fsp3) is 0.154. The van der Waals surface area contributed by atoms with Crippen molar-refractivity contribution in [1.29, 1.82) is 0 Å². The summed E-state index contributed by atoms with van der Waals surface area (Å²) < 4.78 is 6.58. The van der Waals surface area contributed by atoms with Gasteiger partial charge in [0.2, 0.25) is 5.88 Å². The molecule has 0 bridgehead atoms. The molecule has 0 aliphatic carbocycles. The van der Waals surface area contributed by atoms with Crippen LogP contribution < -0.4 is 4.74 Å². The Bertz CT molecular complexity index is 485. The van der Waals surface area contributed by atoms with Crippen molar-refractivity contribution in [3.05, 3.63) is 58.2 Å². The quantitative estimate of drug-likeness (QED) is 0.942. The number of hydrogen-bond donors (Lipinski definition) is 1. The third-order valence-corrected chi connectivity index (χ3v) is 2.81. The smallest absolute Gasteiger partial charge is 0.213 e. The lowest BCUT2D eigenvalue weighted by Gasteiger charge is -2.06. The number of aromatic nitrogens is 1. The maximum absolute atomic E-state index is 8.99. The number of aliphatic hydroxyl groups excluding tert-OH is 1.